The molecule has 4 heterocycles. The highest BCUT2D eigenvalue weighted by Gasteiger charge is 2.52. The third-order valence-electron chi connectivity index (χ3n) is 10.2. The molecule has 22 heteroatoms. The minimum atomic E-state index is -1.92. The van der Waals surface area contributed by atoms with Crippen LogP contribution >= 0.6 is 0 Å². The van der Waals surface area contributed by atoms with Gasteiger partial charge in [-0.15, -0.1) is 0 Å². The Kier molecular flexibility index (Phi) is 14.0. The van der Waals surface area contributed by atoms with Crippen molar-refractivity contribution in [2.75, 3.05) is 19.8 Å². The zero-order valence-electron chi connectivity index (χ0n) is 31.5. The van der Waals surface area contributed by atoms with E-state index in [1.807, 2.05) is 0 Å². The Balaban J connectivity index is 1.20. The molecule has 0 spiro atoms. The van der Waals surface area contributed by atoms with Crippen LogP contribution in [0.15, 0.2) is 84.0 Å². The summed E-state index contributed by atoms with van der Waals surface area (Å²) in [4.78, 5) is 0. The molecule has 332 valence electrons. The number of rotatable bonds is 14. The van der Waals surface area contributed by atoms with E-state index in [1.54, 1.807) is 0 Å². The lowest BCUT2D eigenvalue weighted by Gasteiger charge is -2.46. The highest BCUT2D eigenvalue weighted by Crippen LogP contribution is 2.39. The summed E-state index contributed by atoms with van der Waals surface area (Å²) in [6.45, 7) is 5.04. The van der Waals surface area contributed by atoms with Crippen LogP contribution in [0.5, 0.6) is 11.5 Å². The maximum Gasteiger partial charge on any atom is 0.305 e. The first-order valence-electron chi connectivity index (χ1n) is 18.5. The van der Waals surface area contributed by atoms with Gasteiger partial charge in [-0.1, -0.05) is 13.2 Å². The lowest BCUT2D eigenvalue weighted by Crippen LogP contribution is -2.64. The van der Waals surface area contributed by atoms with E-state index in [9.17, 15) is 71.5 Å². The fraction of sp³-hybridized carbons (Fsp3) is 0.526. The van der Waals surface area contributed by atoms with Gasteiger partial charge in [0.25, 0.3) is 0 Å². The smallest absolute Gasteiger partial charge is 0.305 e. The standard InChI is InChI=1S/C38H48O22/c1-13(41)5-14(2)53-12-25-28(47)35(60-37-32(51)30(49)27(46)24(11-40)58-37)33(52)38(59-25)54-16-7-18(42)17-9-20(44)34(55-22(17)8-16)15-3-4-21(19(43)6-15)56-36-31(50)29(48)26(45)23(10-39)57-36/h3-4,6-9,22-33,35-52H,1-2,5,10-12H2/p+1. The van der Waals surface area contributed by atoms with Gasteiger partial charge in [0.05, 0.1) is 48.4 Å². The molecule has 0 radical (unpaired) electrons. The summed E-state index contributed by atoms with van der Waals surface area (Å²) in [6.07, 6.45) is -22.8. The van der Waals surface area contributed by atoms with Crippen molar-refractivity contribution in [3.63, 3.8) is 0 Å². The van der Waals surface area contributed by atoms with Crippen LogP contribution in [0.2, 0.25) is 0 Å². The Bertz CT molecular complexity index is 1860. The summed E-state index contributed by atoms with van der Waals surface area (Å²) >= 11 is 0. The first-order chi connectivity index (χ1) is 28.4. The maximum absolute atomic E-state index is 11.4. The van der Waals surface area contributed by atoms with Crippen LogP contribution in [-0.4, -0.2) is 194 Å². The van der Waals surface area contributed by atoms with Crippen LogP contribution in [0, 0.1) is 0 Å². The van der Waals surface area contributed by atoms with Crippen LogP contribution in [-0.2, 0) is 28.4 Å². The third-order valence-corrected chi connectivity index (χ3v) is 10.2. The number of fused-ring (bicyclic) bond motifs is 1. The molecule has 3 saturated heterocycles. The molecule has 0 bridgehead atoms. The molecule has 15 N–H and O–H groups in total. The summed E-state index contributed by atoms with van der Waals surface area (Å²) in [5, 5.41) is 146. The number of hydrogen-bond donors (Lipinski definition) is 14. The van der Waals surface area contributed by atoms with Gasteiger partial charge in [0.2, 0.25) is 24.4 Å². The van der Waals surface area contributed by atoms with Crippen molar-refractivity contribution in [1.82, 2.24) is 0 Å². The summed E-state index contributed by atoms with van der Waals surface area (Å²) in [5.74, 6) is -2.14. The molecule has 60 heavy (non-hydrogen) atoms. The molecular formula is C38H49O22+. The monoisotopic (exact) mass is 857 g/mol. The highest BCUT2D eigenvalue weighted by molar-refractivity contribution is 5.69. The predicted molar refractivity (Wildman–Crippen MR) is 197 cm³/mol. The molecule has 1 aliphatic carbocycles. The fourth-order valence-corrected chi connectivity index (χ4v) is 6.95. The van der Waals surface area contributed by atoms with Crippen LogP contribution in [0.4, 0.5) is 0 Å². The number of benzene rings is 1. The molecule has 16 unspecified atom stereocenters. The predicted octanol–water partition coefficient (Wildman–Crippen LogP) is -3.39. The van der Waals surface area contributed by atoms with Crippen molar-refractivity contribution in [3.8, 4) is 11.5 Å². The Morgan fingerprint density at radius 2 is 1.30 bits per heavy atom. The average Bonchev–Trinajstić information content (AvgIpc) is 3.20. The number of hydrogen-bond acceptors (Lipinski definition) is 21. The number of phenols is 1. The molecular weight excluding hydrogens is 808 g/mol. The molecule has 6 rings (SSSR count). The van der Waals surface area contributed by atoms with Crippen molar-refractivity contribution >= 4 is 5.76 Å². The van der Waals surface area contributed by atoms with Crippen molar-refractivity contribution < 1.29 is 109 Å². The van der Waals surface area contributed by atoms with Gasteiger partial charge in [0, 0.05) is 18.2 Å². The topological polar surface area (TPSA) is 361 Å². The minimum absolute atomic E-state index is 0.0192. The van der Waals surface area contributed by atoms with E-state index in [1.165, 1.54) is 24.3 Å². The van der Waals surface area contributed by atoms with E-state index in [-0.39, 0.29) is 46.3 Å². The molecule has 0 amide bonds. The quantitative estimate of drug-likeness (QED) is 0.0641. The molecule has 16 atom stereocenters. The van der Waals surface area contributed by atoms with E-state index in [2.05, 4.69) is 17.9 Å². The lowest BCUT2D eigenvalue weighted by atomic mass is 9.96. The SMILES string of the molecule is C=C(O)CC(=C)OCC1OC(OC2=CC3[OH+]C(c4ccc(OC5OC(CO)C(O)C(O)C5O)c(O)c4)=C(O)C=C3C(O)=C2)C(O)C(OC2OC(CO)C(O)C(O)C2O)C1O. The van der Waals surface area contributed by atoms with Gasteiger partial charge < -0.3 is 109 Å². The zero-order valence-corrected chi connectivity index (χ0v) is 31.5. The Morgan fingerprint density at radius 3 is 1.92 bits per heavy atom. The number of aromatic hydroxyl groups is 1. The van der Waals surface area contributed by atoms with Crippen molar-refractivity contribution in [2.24, 2.45) is 0 Å². The van der Waals surface area contributed by atoms with E-state index < -0.39 is 135 Å². The first-order valence-corrected chi connectivity index (χ1v) is 18.5. The first kappa shape index (κ1) is 45.0. The van der Waals surface area contributed by atoms with Crippen LogP contribution < -0.4 is 4.74 Å². The van der Waals surface area contributed by atoms with E-state index in [0.717, 1.165) is 12.1 Å². The maximum atomic E-state index is 11.4. The highest BCUT2D eigenvalue weighted by atomic mass is 16.7. The summed E-state index contributed by atoms with van der Waals surface area (Å²) in [6, 6.07) is 3.75. The van der Waals surface area contributed by atoms with Gasteiger partial charge in [0.15, 0.2) is 17.8 Å². The second-order valence-corrected chi connectivity index (χ2v) is 14.5. The van der Waals surface area contributed by atoms with Gasteiger partial charge in [-0.25, -0.2) is 0 Å². The van der Waals surface area contributed by atoms with Crippen molar-refractivity contribution in [1.29, 1.82) is 0 Å². The molecule has 5 aliphatic rings. The van der Waals surface area contributed by atoms with E-state index in [0.29, 0.717) is 0 Å². The zero-order chi connectivity index (χ0) is 43.7. The summed E-state index contributed by atoms with van der Waals surface area (Å²) in [7, 11) is 0. The average molecular weight is 858 g/mol. The van der Waals surface area contributed by atoms with Crippen LogP contribution in [0.25, 0.3) is 5.76 Å². The largest absolute Gasteiger partial charge is 0.571 e. The Hall–Kier alpha value is -4.50. The number of allylic oxidation sites excluding steroid dienone is 2. The third kappa shape index (κ3) is 9.36. The Morgan fingerprint density at radius 1 is 0.700 bits per heavy atom. The summed E-state index contributed by atoms with van der Waals surface area (Å²) in [5.41, 5.74) is 0.240. The van der Waals surface area contributed by atoms with Crippen molar-refractivity contribution in [2.45, 2.75) is 105 Å². The second kappa shape index (κ2) is 18.6. The number of aliphatic hydroxyl groups is 15. The molecule has 4 aliphatic heterocycles. The summed E-state index contributed by atoms with van der Waals surface area (Å²) < 4.78 is 43.8. The van der Waals surface area contributed by atoms with Gasteiger partial charge in [-0.2, -0.15) is 0 Å². The molecule has 22 nitrogen and oxygen atoms in total. The fourth-order valence-electron chi connectivity index (χ4n) is 6.95. The molecule has 3 fully saturated rings. The van der Waals surface area contributed by atoms with Crippen LogP contribution in [0.1, 0.15) is 12.0 Å². The second-order valence-electron chi connectivity index (χ2n) is 14.5. The van der Waals surface area contributed by atoms with Crippen molar-refractivity contribution in [3.05, 3.63) is 89.5 Å². The number of ether oxygens (including phenoxy) is 8. The van der Waals surface area contributed by atoms with Gasteiger partial charge in [-0.3, -0.25) is 0 Å². The molecule has 1 aromatic rings. The van der Waals surface area contributed by atoms with E-state index in [4.69, 9.17) is 33.2 Å². The van der Waals surface area contributed by atoms with Gasteiger partial charge in [-0.05, 0) is 12.1 Å². The Labute approximate surface area is 340 Å². The molecule has 0 saturated carbocycles. The van der Waals surface area contributed by atoms with Gasteiger partial charge >= 0.3 is 5.76 Å². The molecule has 1 aromatic carbocycles. The number of aliphatic hydroxyl groups excluding tert-OH is 13. The minimum Gasteiger partial charge on any atom is -0.571 e. The van der Waals surface area contributed by atoms with Crippen LogP contribution in [0.3, 0.4) is 0 Å². The molecule has 0 aromatic heterocycles. The lowest BCUT2D eigenvalue weighted by molar-refractivity contribution is -0.357. The number of phenolic OH excluding ortho intramolecular Hbond substituents is 1. The van der Waals surface area contributed by atoms with E-state index >= 15 is 0 Å². The van der Waals surface area contributed by atoms with Gasteiger partial charge in [0.1, 0.15) is 91.4 Å². The normalized spacial score (nSPS) is 38.1.